The Morgan fingerprint density at radius 1 is 1.56 bits per heavy atom. The highest BCUT2D eigenvalue weighted by Crippen LogP contribution is 2.05. The average Bonchev–Trinajstić information content (AvgIpc) is 2.73. The van der Waals surface area contributed by atoms with Crippen molar-refractivity contribution in [2.24, 2.45) is 0 Å². The maximum atomic E-state index is 11.8. The number of aromatic nitrogens is 2. The summed E-state index contributed by atoms with van der Waals surface area (Å²) >= 11 is 1.71. The van der Waals surface area contributed by atoms with Crippen LogP contribution in [0.3, 0.4) is 0 Å². The van der Waals surface area contributed by atoms with Gasteiger partial charge in [0.1, 0.15) is 11.3 Å². The van der Waals surface area contributed by atoms with Crippen LogP contribution in [0, 0.1) is 0 Å². The van der Waals surface area contributed by atoms with E-state index in [1.165, 1.54) is 0 Å². The third kappa shape index (κ3) is 2.19. The van der Waals surface area contributed by atoms with Crippen molar-refractivity contribution in [1.82, 2.24) is 14.7 Å². The summed E-state index contributed by atoms with van der Waals surface area (Å²) in [6, 6.07) is 5.66. The molecule has 0 bridgehead atoms. The Bertz CT molecular complexity index is 495. The summed E-state index contributed by atoms with van der Waals surface area (Å²) in [5.74, 6) is 0.843. The van der Waals surface area contributed by atoms with Gasteiger partial charge in [0, 0.05) is 18.5 Å². The van der Waals surface area contributed by atoms with E-state index in [-0.39, 0.29) is 5.91 Å². The van der Waals surface area contributed by atoms with E-state index >= 15 is 0 Å². The molecule has 0 spiro atoms. The molecule has 0 aliphatic carbocycles. The number of amides is 1. The zero-order valence-electron chi connectivity index (χ0n) is 9.01. The van der Waals surface area contributed by atoms with Crippen molar-refractivity contribution in [1.29, 1.82) is 0 Å². The Labute approximate surface area is 98.1 Å². The van der Waals surface area contributed by atoms with Gasteiger partial charge in [-0.3, -0.25) is 9.20 Å². The zero-order chi connectivity index (χ0) is 11.4. The maximum Gasteiger partial charge on any atom is 0.269 e. The summed E-state index contributed by atoms with van der Waals surface area (Å²) in [7, 11) is 0. The lowest BCUT2D eigenvalue weighted by Gasteiger charge is -2.03. The van der Waals surface area contributed by atoms with Gasteiger partial charge in [-0.15, -0.1) is 0 Å². The molecule has 2 aromatic rings. The van der Waals surface area contributed by atoms with Crippen LogP contribution in [0.5, 0.6) is 0 Å². The smallest absolute Gasteiger partial charge is 0.269 e. The van der Waals surface area contributed by atoms with E-state index in [0.717, 1.165) is 11.4 Å². The number of fused-ring (bicyclic) bond motifs is 1. The highest BCUT2D eigenvalue weighted by molar-refractivity contribution is 7.98. The SMILES string of the molecule is CSCCNC(=O)c1cnc2ccccn12. The number of rotatable bonds is 4. The van der Waals surface area contributed by atoms with E-state index in [9.17, 15) is 4.79 Å². The number of hydrogen-bond donors (Lipinski definition) is 1. The van der Waals surface area contributed by atoms with Crippen molar-refractivity contribution in [3.63, 3.8) is 0 Å². The number of hydrogen-bond acceptors (Lipinski definition) is 3. The summed E-state index contributed by atoms with van der Waals surface area (Å²) in [4.78, 5) is 16.0. The van der Waals surface area contributed by atoms with Crippen molar-refractivity contribution >= 4 is 23.3 Å². The van der Waals surface area contributed by atoms with Crippen LogP contribution in [-0.4, -0.2) is 33.8 Å². The van der Waals surface area contributed by atoms with Gasteiger partial charge in [-0.25, -0.2) is 4.98 Å². The summed E-state index contributed by atoms with van der Waals surface area (Å²) in [5, 5.41) is 2.86. The van der Waals surface area contributed by atoms with Gasteiger partial charge in [0.15, 0.2) is 0 Å². The van der Waals surface area contributed by atoms with Gasteiger partial charge in [0.05, 0.1) is 6.20 Å². The number of thioether (sulfide) groups is 1. The minimum Gasteiger partial charge on any atom is -0.350 e. The second-order valence-corrected chi connectivity index (χ2v) is 4.31. The molecule has 0 saturated heterocycles. The first-order valence-corrected chi connectivity index (χ1v) is 6.41. The molecule has 0 aliphatic heterocycles. The number of nitrogens with one attached hydrogen (secondary N) is 1. The van der Waals surface area contributed by atoms with E-state index in [1.807, 2.05) is 30.7 Å². The van der Waals surface area contributed by atoms with Crippen LogP contribution in [0.25, 0.3) is 5.65 Å². The second-order valence-electron chi connectivity index (χ2n) is 3.32. The van der Waals surface area contributed by atoms with Crippen LogP contribution in [0.2, 0.25) is 0 Å². The van der Waals surface area contributed by atoms with E-state index in [2.05, 4.69) is 10.3 Å². The highest BCUT2D eigenvalue weighted by atomic mass is 32.2. The predicted molar refractivity (Wildman–Crippen MR) is 65.9 cm³/mol. The van der Waals surface area contributed by atoms with Gasteiger partial charge in [-0.05, 0) is 18.4 Å². The van der Waals surface area contributed by atoms with Crippen molar-refractivity contribution in [2.75, 3.05) is 18.6 Å². The van der Waals surface area contributed by atoms with E-state index in [0.29, 0.717) is 12.2 Å². The Morgan fingerprint density at radius 3 is 3.25 bits per heavy atom. The number of carbonyl (C=O) groups excluding carboxylic acids is 1. The minimum absolute atomic E-state index is 0.0762. The summed E-state index contributed by atoms with van der Waals surface area (Å²) in [6.45, 7) is 0.681. The van der Waals surface area contributed by atoms with Crippen LogP contribution in [-0.2, 0) is 0 Å². The normalized spacial score (nSPS) is 10.6. The monoisotopic (exact) mass is 235 g/mol. The molecular weight excluding hydrogens is 222 g/mol. The van der Waals surface area contributed by atoms with Gasteiger partial charge < -0.3 is 5.32 Å². The largest absolute Gasteiger partial charge is 0.350 e. The molecule has 0 saturated carbocycles. The molecule has 16 heavy (non-hydrogen) atoms. The second kappa shape index (κ2) is 5.03. The lowest BCUT2D eigenvalue weighted by atomic mass is 10.4. The number of imidazole rings is 1. The fourth-order valence-electron chi connectivity index (χ4n) is 1.46. The fourth-order valence-corrected chi connectivity index (χ4v) is 1.76. The first-order valence-electron chi connectivity index (χ1n) is 5.02. The van der Waals surface area contributed by atoms with E-state index < -0.39 is 0 Å². The molecule has 84 valence electrons. The molecule has 2 heterocycles. The molecule has 1 amide bonds. The fraction of sp³-hybridized carbons (Fsp3) is 0.273. The molecule has 2 aromatic heterocycles. The maximum absolute atomic E-state index is 11.8. The molecule has 0 aromatic carbocycles. The topological polar surface area (TPSA) is 46.4 Å². The van der Waals surface area contributed by atoms with E-state index in [1.54, 1.807) is 22.4 Å². The third-order valence-electron chi connectivity index (χ3n) is 2.24. The van der Waals surface area contributed by atoms with Gasteiger partial charge >= 0.3 is 0 Å². The van der Waals surface area contributed by atoms with Gasteiger partial charge in [-0.2, -0.15) is 11.8 Å². The minimum atomic E-state index is -0.0762. The molecule has 0 atom stereocenters. The highest BCUT2D eigenvalue weighted by Gasteiger charge is 2.10. The summed E-state index contributed by atoms with van der Waals surface area (Å²) in [5.41, 5.74) is 1.37. The summed E-state index contributed by atoms with van der Waals surface area (Å²) < 4.78 is 1.79. The number of pyridine rings is 1. The quantitative estimate of drug-likeness (QED) is 0.815. The van der Waals surface area contributed by atoms with Gasteiger partial charge in [0.2, 0.25) is 0 Å². The Kier molecular flexibility index (Phi) is 3.46. The molecule has 2 rings (SSSR count). The van der Waals surface area contributed by atoms with Crippen LogP contribution >= 0.6 is 11.8 Å². The zero-order valence-corrected chi connectivity index (χ0v) is 9.83. The first-order chi connectivity index (χ1) is 7.83. The van der Waals surface area contributed by atoms with Crippen LogP contribution in [0.15, 0.2) is 30.6 Å². The Balaban J connectivity index is 2.17. The van der Waals surface area contributed by atoms with E-state index in [4.69, 9.17) is 0 Å². The standard InChI is InChI=1S/C11H13N3OS/c1-16-7-5-12-11(15)9-8-13-10-4-2-3-6-14(9)10/h2-4,6,8H,5,7H2,1H3,(H,12,15). The third-order valence-corrected chi connectivity index (χ3v) is 2.85. The Morgan fingerprint density at radius 2 is 2.44 bits per heavy atom. The molecule has 0 fully saturated rings. The lowest BCUT2D eigenvalue weighted by Crippen LogP contribution is -2.26. The van der Waals surface area contributed by atoms with Crippen LogP contribution < -0.4 is 5.32 Å². The number of nitrogens with zero attached hydrogens (tertiary/aromatic N) is 2. The molecule has 0 aliphatic rings. The average molecular weight is 235 g/mol. The van der Waals surface area contributed by atoms with Crippen molar-refractivity contribution in [3.05, 3.63) is 36.3 Å². The molecule has 0 radical (unpaired) electrons. The van der Waals surface area contributed by atoms with Gasteiger partial charge in [-0.1, -0.05) is 6.07 Å². The summed E-state index contributed by atoms with van der Waals surface area (Å²) in [6.07, 6.45) is 5.45. The molecule has 1 N–H and O–H groups in total. The first kappa shape index (κ1) is 11.0. The molecular formula is C11H13N3OS. The van der Waals surface area contributed by atoms with Crippen LogP contribution in [0.1, 0.15) is 10.5 Å². The van der Waals surface area contributed by atoms with Crippen LogP contribution in [0.4, 0.5) is 0 Å². The Hall–Kier alpha value is -1.49. The lowest BCUT2D eigenvalue weighted by molar-refractivity contribution is 0.0950. The predicted octanol–water partition coefficient (Wildman–Crippen LogP) is 1.43. The van der Waals surface area contributed by atoms with Crippen molar-refractivity contribution in [3.8, 4) is 0 Å². The molecule has 4 nitrogen and oxygen atoms in total. The molecule has 5 heteroatoms. The molecule has 0 unspecified atom stereocenters. The van der Waals surface area contributed by atoms with Crippen molar-refractivity contribution < 1.29 is 4.79 Å². The number of carbonyl (C=O) groups is 1. The van der Waals surface area contributed by atoms with Gasteiger partial charge in [0.25, 0.3) is 5.91 Å². The van der Waals surface area contributed by atoms with Crippen molar-refractivity contribution in [2.45, 2.75) is 0 Å².